The van der Waals surface area contributed by atoms with E-state index in [-0.39, 0.29) is 5.56 Å². The summed E-state index contributed by atoms with van der Waals surface area (Å²) in [6, 6.07) is 9.12. The van der Waals surface area contributed by atoms with E-state index >= 15 is 0 Å². The van der Waals surface area contributed by atoms with Gasteiger partial charge in [-0.3, -0.25) is 9.36 Å². The summed E-state index contributed by atoms with van der Waals surface area (Å²) in [5.41, 5.74) is 1.40. The maximum absolute atomic E-state index is 13.1. The van der Waals surface area contributed by atoms with Crippen LogP contribution in [-0.4, -0.2) is 20.8 Å². The fraction of sp³-hybridized carbons (Fsp3) is 0.235. The molecule has 3 aromatic rings. The van der Waals surface area contributed by atoms with Crippen molar-refractivity contribution >= 4 is 39.3 Å². The molecule has 0 fully saturated rings. The number of fused-ring (bicyclic) bond motifs is 1. The van der Waals surface area contributed by atoms with Gasteiger partial charge in [0.2, 0.25) is 0 Å². The van der Waals surface area contributed by atoms with Crippen molar-refractivity contribution < 1.29 is 9.90 Å². The number of para-hydroxylation sites is 1. The number of aryl methyl sites for hydroxylation is 2. The predicted octanol–water partition coefficient (Wildman–Crippen LogP) is 2.29. The number of thioether (sulfide) groups is 1. The van der Waals surface area contributed by atoms with Crippen LogP contribution in [0, 0.1) is 13.8 Å². The van der Waals surface area contributed by atoms with Crippen molar-refractivity contribution in [2.75, 3.05) is 0 Å². The Morgan fingerprint density at radius 1 is 1.29 bits per heavy atom. The van der Waals surface area contributed by atoms with E-state index in [1.807, 2.05) is 32.0 Å². The van der Waals surface area contributed by atoms with Crippen molar-refractivity contribution in [3.8, 4) is 5.69 Å². The minimum absolute atomic E-state index is 0.180. The summed E-state index contributed by atoms with van der Waals surface area (Å²) in [5, 5.41) is 11.2. The molecule has 5 nitrogen and oxygen atoms in total. The maximum Gasteiger partial charge on any atom is 0.267 e. The molecule has 0 radical (unpaired) electrons. The number of benzene rings is 1. The van der Waals surface area contributed by atoms with Crippen molar-refractivity contribution in [3.05, 3.63) is 51.1 Å². The standard InChI is InChI=1S/C17H16N2O3S2/c1-9-10(2)23-14-13(9)15(20)19(12-7-5-4-6-8-12)17(18-14)24-11(3)16(21)22/h4-8,11H,1-3H3,(H,21,22)/p-1/t11-/m0/s1. The molecule has 0 N–H and O–H groups in total. The van der Waals surface area contributed by atoms with E-state index in [1.54, 1.807) is 12.1 Å². The van der Waals surface area contributed by atoms with Crippen molar-refractivity contribution in [1.29, 1.82) is 0 Å². The van der Waals surface area contributed by atoms with Gasteiger partial charge in [0.05, 0.1) is 17.0 Å². The first-order valence-electron chi connectivity index (χ1n) is 7.36. The van der Waals surface area contributed by atoms with E-state index in [9.17, 15) is 14.7 Å². The second-order valence-electron chi connectivity index (χ2n) is 5.41. The van der Waals surface area contributed by atoms with E-state index in [0.717, 1.165) is 22.2 Å². The van der Waals surface area contributed by atoms with Crippen LogP contribution in [0.3, 0.4) is 0 Å². The number of nitrogens with zero attached hydrogens (tertiary/aromatic N) is 2. The molecule has 0 saturated heterocycles. The fourth-order valence-corrected chi connectivity index (χ4v) is 4.29. The largest absolute Gasteiger partial charge is 0.549 e. The molecule has 0 bridgehead atoms. The minimum Gasteiger partial charge on any atom is -0.549 e. The molecule has 2 heterocycles. The van der Waals surface area contributed by atoms with Gasteiger partial charge in [-0.2, -0.15) is 0 Å². The normalized spacial score (nSPS) is 12.5. The molecule has 0 spiro atoms. The number of carboxylic acid groups (broad SMARTS) is 1. The molecule has 0 aliphatic heterocycles. The number of thiophene rings is 1. The van der Waals surface area contributed by atoms with Gasteiger partial charge in [0.25, 0.3) is 5.56 Å². The SMILES string of the molecule is Cc1sc2nc(S[C@@H](C)C(=O)[O-])n(-c3ccccc3)c(=O)c2c1C. The number of rotatable bonds is 4. The van der Waals surface area contributed by atoms with Crippen LogP contribution in [-0.2, 0) is 4.79 Å². The molecular weight excluding hydrogens is 344 g/mol. The lowest BCUT2D eigenvalue weighted by Crippen LogP contribution is -2.32. The molecular formula is C17H15N2O3S2-. The van der Waals surface area contributed by atoms with Crippen LogP contribution in [0.15, 0.2) is 40.3 Å². The zero-order valence-corrected chi connectivity index (χ0v) is 15.0. The highest BCUT2D eigenvalue weighted by molar-refractivity contribution is 8.00. The average Bonchev–Trinajstić information content (AvgIpc) is 2.83. The number of aliphatic carboxylic acids is 1. The van der Waals surface area contributed by atoms with Crippen LogP contribution < -0.4 is 10.7 Å². The molecule has 24 heavy (non-hydrogen) atoms. The van der Waals surface area contributed by atoms with Crippen LogP contribution in [0.2, 0.25) is 0 Å². The fourth-order valence-electron chi connectivity index (χ4n) is 2.37. The van der Waals surface area contributed by atoms with Crippen LogP contribution in [0.4, 0.5) is 0 Å². The number of aromatic nitrogens is 2. The third-order valence-electron chi connectivity index (χ3n) is 3.80. The first-order valence-corrected chi connectivity index (χ1v) is 9.05. The Bertz CT molecular complexity index is 977. The molecule has 0 amide bonds. The topological polar surface area (TPSA) is 75.0 Å². The van der Waals surface area contributed by atoms with Crippen LogP contribution in [0.5, 0.6) is 0 Å². The van der Waals surface area contributed by atoms with Crippen molar-refractivity contribution in [1.82, 2.24) is 9.55 Å². The van der Waals surface area contributed by atoms with Gasteiger partial charge in [0.1, 0.15) is 4.83 Å². The third-order valence-corrected chi connectivity index (χ3v) is 5.93. The van der Waals surface area contributed by atoms with Crippen LogP contribution in [0.1, 0.15) is 17.4 Å². The molecule has 124 valence electrons. The molecule has 0 aliphatic rings. The minimum atomic E-state index is -1.19. The monoisotopic (exact) mass is 359 g/mol. The average molecular weight is 359 g/mol. The Hall–Kier alpha value is -2.12. The number of carbonyl (C=O) groups is 1. The predicted molar refractivity (Wildman–Crippen MR) is 95.0 cm³/mol. The second-order valence-corrected chi connectivity index (χ2v) is 7.92. The van der Waals surface area contributed by atoms with Gasteiger partial charge >= 0.3 is 0 Å². The Morgan fingerprint density at radius 3 is 2.58 bits per heavy atom. The van der Waals surface area contributed by atoms with E-state index in [1.165, 1.54) is 22.8 Å². The zero-order valence-electron chi connectivity index (χ0n) is 13.4. The summed E-state index contributed by atoms with van der Waals surface area (Å²) < 4.78 is 1.48. The Kier molecular flexibility index (Phi) is 4.47. The number of carbonyl (C=O) groups excluding carboxylic acids is 1. The maximum atomic E-state index is 13.1. The summed E-state index contributed by atoms with van der Waals surface area (Å²) in [7, 11) is 0. The van der Waals surface area contributed by atoms with E-state index in [0.29, 0.717) is 21.1 Å². The van der Waals surface area contributed by atoms with Gasteiger partial charge in [0.15, 0.2) is 5.16 Å². The lowest BCUT2D eigenvalue weighted by molar-refractivity contribution is -0.304. The van der Waals surface area contributed by atoms with E-state index in [2.05, 4.69) is 4.98 Å². The van der Waals surface area contributed by atoms with Crippen LogP contribution >= 0.6 is 23.1 Å². The second kappa shape index (κ2) is 6.41. The molecule has 3 rings (SSSR count). The zero-order chi connectivity index (χ0) is 17.4. The summed E-state index contributed by atoms with van der Waals surface area (Å²) in [6.07, 6.45) is 0. The number of hydrogen-bond acceptors (Lipinski definition) is 6. The molecule has 0 aliphatic carbocycles. The smallest absolute Gasteiger partial charge is 0.267 e. The summed E-state index contributed by atoms with van der Waals surface area (Å²) in [5.74, 6) is -1.19. The van der Waals surface area contributed by atoms with Crippen LogP contribution in [0.25, 0.3) is 15.9 Å². The van der Waals surface area contributed by atoms with Gasteiger partial charge in [0, 0.05) is 10.1 Å². The molecule has 7 heteroatoms. The highest BCUT2D eigenvalue weighted by Gasteiger charge is 2.19. The van der Waals surface area contributed by atoms with Gasteiger partial charge in [-0.25, -0.2) is 4.98 Å². The summed E-state index contributed by atoms with van der Waals surface area (Å²) in [6.45, 7) is 5.38. The molecule has 1 atom stereocenters. The van der Waals surface area contributed by atoms with Gasteiger partial charge < -0.3 is 9.90 Å². The van der Waals surface area contributed by atoms with Gasteiger partial charge in [-0.15, -0.1) is 11.3 Å². The quantitative estimate of drug-likeness (QED) is 0.528. The number of hydrogen-bond donors (Lipinski definition) is 0. The molecule has 0 saturated carbocycles. The lowest BCUT2D eigenvalue weighted by atomic mass is 10.2. The molecule has 2 aromatic heterocycles. The van der Waals surface area contributed by atoms with Gasteiger partial charge in [-0.1, -0.05) is 30.0 Å². The van der Waals surface area contributed by atoms with Crippen molar-refractivity contribution in [2.24, 2.45) is 0 Å². The van der Waals surface area contributed by atoms with E-state index in [4.69, 9.17) is 0 Å². The summed E-state index contributed by atoms with van der Waals surface area (Å²) >= 11 is 2.46. The highest BCUT2D eigenvalue weighted by atomic mass is 32.2. The summed E-state index contributed by atoms with van der Waals surface area (Å²) in [4.78, 5) is 30.4. The first kappa shape index (κ1) is 16.7. The van der Waals surface area contributed by atoms with Gasteiger partial charge in [-0.05, 0) is 38.5 Å². The van der Waals surface area contributed by atoms with E-state index < -0.39 is 11.2 Å². The third kappa shape index (κ3) is 2.85. The first-order chi connectivity index (χ1) is 11.4. The highest BCUT2D eigenvalue weighted by Crippen LogP contribution is 2.30. The Labute approximate surface area is 147 Å². The molecule has 1 aromatic carbocycles. The Morgan fingerprint density at radius 2 is 1.96 bits per heavy atom. The molecule has 0 unspecified atom stereocenters. The van der Waals surface area contributed by atoms with Crippen molar-refractivity contribution in [3.63, 3.8) is 0 Å². The number of carboxylic acids is 1. The van der Waals surface area contributed by atoms with Crippen molar-refractivity contribution in [2.45, 2.75) is 31.2 Å². The Balaban J connectivity index is 2.32. The lowest BCUT2D eigenvalue weighted by Gasteiger charge is -2.16.